The minimum absolute atomic E-state index is 0.0407. The van der Waals surface area contributed by atoms with Crippen LogP contribution in [0.5, 0.6) is 0 Å². The maximum absolute atomic E-state index is 8.94. The van der Waals surface area contributed by atoms with Crippen LogP contribution in [-0.2, 0) is 6.42 Å². The van der Waals surface area contributed by atoms with Gasteiger partial charge in [-0.3, -0.25) is 0 Å². The summed E-state index contributed by atoms with van der Waals surface area (Å²) >= 11 is 3.14. The van der Waals surface area contributed by atoms with E-state index in [1.807, 2.05) is 0 Å². The third kappa shape index (κ3) is 5.48. The van der Waals surface area contributed by atoms with Gasteiger partial charge in [-0.05, 0) is 30.9 Å². The molecule has 0 bridgehead atoms. The van der Waals surface area contributed by atoms with Gasteiger partial charge in [0.1, 0.15) is 5.82 Å². The number of nitrogens with zero attached hydrogens (tertiary/aromatic N) is 3. The Labute approximate surface area is 111 Å². The van der Waals surface area contributed by atoms with Crippen LogP contribution in [0, 0.1) is 11.3 Å². The molecule has 94 valence electrons. The highest BCUT2D eigenvalue weighted by molar-refractivity contribution is 8.00. The quantitative estimate of drug-likeness (QED) is 0.735. The van der Waals surface area contributed by atoms with Crippen LogP contribution in [0.1, 0.15) is 32.5 Å². The molecule has 1 N–H and O–H groups in total. The second kappa shape index (κ2) is 8.45. The van der Waals surface area contributed by atoms with Gasteiger partial charge in [-0.2, -0.15) is 9.64 Å². The summed E-state index contributed by atoms with van der Waals surface area (Å²) in [6.07, 6.45) is 2.79. The van der Waals surface area contributed by atoms with Crippen LogP contribution in [0.4, 0.5) is 0 Å². The summed E-state index contributed by atoms with van der Waals surface area (Å²) in [4.78, 5) is 4.38. The summed E-state index contributed by atoms with van der Waals surface area (Å²) in [5.41, 5.74) is 0. The Morgan fingerprint density at radius 2 is 2.35 bits per heavy atom. The van der Waals surface area contributed by atoms with Crippen molar-refractivity contribution in [2.75, 3.05) is 12.3 Å². The topological polar surface area (TPSA) is 61.6 Å². The Balaban J connectivity index is 2.24. The van der Waals surface area contributed by atoms with Crippen molar-refractivity contribution in [1.82, 2.24) is 14.7 Å². The summed E-state index contributed by atoms with van der Waals surface area (Å²) in [6, 6.07) is 2.24. The Bertz CT molecular complexity index is 359. The van der Waals surface area contributed by atoms with Gasteiger partial charge >= 0.3 is 0 Å². The van der Waals surface area contributed by atoms with Crippen LogP contribution in [-0.4, -0.2) is 27.7 Å². The van der Waals surface area contributed by atoms with E-state index in [1.54, 1.807) is 11.8 Å². The maximum atomic E-state index is 8.94. The first-order valence-corrected chi connectivity index (χ1v) is 7.64. The monoisotopic (exact) mass is 270 g/mol. The number of nitrogens with one attached hydrogen (secondary N) is 1. The number of aromatic nitrogens is 2. The molecule has 0 spiro atoms. The lowest BCUT2D eigenvalue weighted by molar-refractivity contribution is 0.585. The van der Waals surface area contributed by atoms with E-state index in [2.05, 4.69) is 34.6 Å². The summed E-state index contributed by atoms with van der Waals surface area (Å²) < 4.78 is 5.24. The molecule has 1 aromatic heterocycles. The highest BCUT2D eigenvalue weighted by Gasteiger charge is 2.07. The molecule has 17 heavy (non-hydrogen) atoms. The molecule has 0 aliphatic heterocycles. The van der Waals surface area contributed by atoms with Gasteiger partial charge < -0.3 is 5.32 Å². The first-order valence-electron chi connectivity index (χ1n) is 5.88. The minimum Gasteiger partial charge on any atom is -0.302 e. The fourth-order valence-corrected chi connectivity index (χ4v) is 3.01. The lowest BCUT2D eigenvalue weighted by atomic mass is 10.2. The van der Waals surface area contributed by atoms with Gasteiger partial charge in [-0.15, -0.1) is 0 Å². The molecule has 0 aliphatic rings. The zero-order valence-electron chi connectivity index (χ0n) is 10.3. The van der Waals surface area contributed by atoms with Gasteiger partial charge in [-0.1, -0.05) is 25.6 Å². The average Bonchev–Trinajstić information content (AvgIpc) is 2.81. The van der Waals surface area contributed by atoms with Crippen LogP contribution in [0.15, 0.2) is 4.34 Å². The van der Waals surface area contributed by atoms with E-state index in [1.165, 1.54) is 11.5 Å². The van der Waals surface area contributed by atoms with E-state index in [4.69, 9.17) is 5.26 Å². The number of hydrogen-bond acceptors (Lipinski definition) is 6. The molecule has 1 atom stereocenters. The molecule has 0 radical (unpaired) electrons. The van der Waals surface area contributed by atoms with Crippen molar-refractivity contribution in [3.05, 3.63) is 5.82 Å². The fourth-order valence-electron chi connectivity index (χ4n) is 1.24. The van der Waals surface area contributed by atoms with Crippen molar-refractivity contribution < 1.29 is 0 Å². The molecule has 0 fully saturated rings. The standard InChI is InChI=1S/C11H18N4S2/c1-3-6-13-9(8-12)5-7-16-11-14-10(4-2)15-17-11/h9,13H,3-7H2,1-2H3. The average molecular weight is 270 g/mol. The van der Waals surface area contributed by atoms with E-state index < -0.39 is 0 Å². The molecule has 0 aliphatic carbocycles. The Morgan fingerprint density at radius 1 is 1.53 bits per heavy atom. The highest BCUT2D eigenvalue weighted by Crippen LogP contribution is 2.21. The van der Waals surface area contributed by atoms with Gasteiger partial charge in [0, 0.05) is 12.2 Å². The van der Waals surface area contributed by atoms with Crippen LogP contribution >= 0.6 is 23.3 Å². The molecule has 1 heterocycles. The summed E-state index contributed by atoms with van der Waals surface area (Å²) in [7, 11) is 0. The van der Waals surface area contributed by atoms with E-state index in [-0.39, 0.29) is 6.04 Å². The molecule has 1 aromatic rings. The van der Waals surface area contributed by atoms with Crippen molar-refractivity contribution in [3.63, 3.8) is 0 Å². The first-order chi connectivity index (χ1) is 8.30. The van der Waals surface area contributed by atoms with Crippen LogP contribution < -0.4 is 5.32 Å². The van der Waals surface area contributed by atoms with Gasteiger partial charge in [-0.25, -0.2) is 4.98 Å². The summed E-state index contributed by atoms with van der Waals surface area (Å²) in [5.74, 6) is 1.83. The van der Waals surface area contributed by atoms with Crippen molar-refractivity contribution in [1.29, 1.82) is 5.26 Å². The molecule has 0 amide bonds. The normalized spacial score (nSPS) is 12.3. The smallest absolute Gasteiger partial charge is 0.170 e. The van der Waals surface area contributed by atoms with E-state index in [9.17, 15) is 0 Å². The first kappa shape index (κ1) is 14.4. The lowest BCUT2D eigenvalue weighted by Gasteiger charge is -2.08. The molecule has 1 rings (SSSR count). The maximum Gasteiger partial charge on any atom is 0.170 e. The Morgan fingerprint density at radius 3 is 2.94 bits per heavy atom. The second-order valence-corrected chi connectivity index (χ2v) is 5.70. The molecule has 0 saturated heterocycles. The number of rotatable bonds is 8. The predicted octanol–water partition coefficient (Wildman–Crippen LogP) is 2.47. The van der Waals surface area contributed by atoms with E-state index >= 15 is 0 Å². The molecular weight excluding hydrogens is 252 g/mol. The Hall–Kier alpha value is -0.640. The summed E-state index contributed by atoms with van der Waals surface area (Å²) in [6.45, 7) is 5.06. The molecular formula is C11H18N4S2. The van der Waals surface area contributed by atoms with Crippen molar-refractivity contribution in [2.24, 2.45) is 0 Å². The van der Waals surface area contributed by atoms with Crippen LogP contribution in [0.2, 0.25) is 0 Å². The summed E-state index contributed by atoms with van der Waals surface area (Å²) in [5, 5.41) is 12.2. The minimum atomic E-state index is -0.0407. The van der Waals surface area contributed by atoms with Gasteiger partial charge in [0.15, 0.2) is 4.34 Å². The van der Waals surface area contributed by atoms with Gasteiger partial charge in [0.25, 0.3) is 0 Å². The number of aryl methyl sites for hydroxylation is 1. The molecule has 1 unspecified atom stereocenters. The third-order valence-electron chi connectivity index (χ3n) is 2.19. The SMILES string of the molecule is CCCNC(C#N)CCSc1nc(CC)ns1. The predicted molar refractivity (Wildman–Crippen MR) is 72.3 cm³/mol. The number of hydrogen-bond donors (Lipinski definition) is 1. The molecule has 0 aromatic carbocycles. The van der Waals surface area contributed by atoms with E-state index in [0.717, 1.165) is 41.7 Å². The Kier molecular flexibility index (Phi) is 7.17. The van der Waals surface area contributed by atoms with Crippen LogP contribution in [0.3, 0.4) is 0 Å². The van der Waals surface area contributed by atoms with Crippen LogP contribution in [0.25, 0.3) is 0 Å². The van der Waals surface area contributed by atoms with Crippen molar-refractivity contribution in [2.45, 2.75) is 43.5 Å². The second-order valence-electron chi connectivity index (χ2n) is 3.60. The van der Waals surface area contributed by atoms with Gasteiger partial charge in [0.2, 0.25) is 0 Å². The van der Waals surface area contributed by atoms with Crippen molar-refractivity contribution in [3.8, 4) is 6.07 Å². The molecule has 6 heteroatoms. The fraction of sp³-hybridized carbons (Fsp3) is 0.727. The zero-order valence-corrected chi connectivity index (χ0v) is 11.9. The molecule has 0 saturated carbocycles. The van der Waals surface area contributed by atoms with Crippen molar-refractivity contribution >= 4 is 23.3 Å². The molecule has 4 nitrogen and oxygen atoms in total. The van der Waals surface area contributed by atoms with Gasteiger partial charge in [0.05, 0.1) is 12.1 Å². The highest BCUT2D eigenvalue weighted by atomic mass is 32.2. The number of nitriles is 1. The lowest BCUT2D eigenvalue weighted by Crippen LogP contribution is -2.28. The number of thioether (sulfide) groups is 1. The largest absolute Gasteiger partial charge is 0.302 e. The van der Waals surface area contributed by atoms with E-state index in [0.29, 0.717) is 0 Å². The third-order valence-corrected chi connectivity index (χ3v) is 4.10. The zero-order chi connectivity index (χ0) is 12.5.